The molecule has 1 aliphatic rings. The molecular formula is C14H22N2. The Morgan fingerprint density at radius 2 is 2.12 bits per heavy atom. The molecule has 0 atom stereocenters. The first-order chi connectivity index (χ1) is 7.70. The van der Waals surface area contributed by atoms with E-state index >= 15 is 0 Å². The van der Waals surface area contributed by atoms with Gasteiger partial charge in [-0.1, -0.05) is 19.1 Å². The van der Waals surface area contributed by atoms with E-state index in [0.29, 0.717) is 0 Å². The smallest absolute Gasteiger partial charge is 0.0343 e. The van der Waals surface area contributed by atoms with Crippen molar-refractivity contribution in [3.05, 3.63) is 29.3 Å². The van der Waals surface area contributed by atoms with Crippen molar-refractivity contribution in [2.45, 2.75) is 45.7 Å². The molecular weight excluding hydrogens is 196 g/mol. The molecule has 0 aromatic heterocycles. The highest BCUT2D eigenvalue weighted by Crippen LogP contribution is 2.28. The monoisotopic (exact) mass is 218 g/mol. The lowest BCUT2D eigenvalue weighted by molar-refractivity contribution is 0.255. The summed E-state index contributed by atoms with van der Waals surface area (Å²) in [5.41, 5.74) is 9.33. The van der Waals surface area contributed by atoms with E-state index < -0.39 is 0 Å². The Bertz CT molecular complexity index is 356. The summed E-state index contributed by atoms with van der Waals surface area (Å²) in [6.07, 6.45) is 4.01. The van der Waals surface area contributed by atoms with Crippen molar-refractivity contribution in [3.8, 4) is 0 Å². The van der Waals surface area contributed by atoms with E-state index in [9.17, 15) is 0 Å². The number of anilines is 1. The first-order valence-corrected chi connectivity index (χ1v) is 6.29. The van der Waals surface area contributed by atoms with Crippen LogP contribution in [0.3, 0.4) is 0 Å². The van der Waals surface area contributed by atoms with Crippen molar-refractivity contribution < 1.29 is 0 Å². The van der Waals surface area contributed by atoms with Gasteiger partial charge in [-0.25, -0.2) is 0 Å². The molecule has 2 heteroatoms. The zero-order valence-corrected chi connectivity index (χ0v) is 10.4. The van der Waals surface area contributed by atoms with Gasteiger partial charge in [0.15, 0.2) is 0 Å². The van der Waals surface area contributed by atoms with Gasteiger partial charge in [0.25, 0.3) is 0 Å². The minimum absolute atomic E-state index is 0.845. The van der Waals surface area contributed by atoms with Crippen molar-refractivity contribution in [2.75, 3.05) is 12.3 Å². The van der Waals surface area contributed by atoms with Gasteiger partial charge in [0.2, 0.25) is 0 Å². The molecule has 0 spiro atoms. The molecule has 1 aromatic rings. The zero-order chi connectivity index (χ0) is 11.5. The first kappa shape index (κ1) is 11.5. The predicted octanol–water partition coefficient (Wildman–Crippen LogP) is 2.95. The van der Waals surface area contributed by atoms with Gasteiger partial charge in [0, 0.05) is 18.3 Å². The fourth-order valence-corrected chi connectivity index (χ4v) is 2.19. The molecule has 0 aliphatic heterocycles. The lowest BCUT2D eigenvalue weighted by Gasteiger charge is -2.21. The number of hydrogen-bond acceptors (Lipinski definition) is 2. The Labute approximate surface area is 98.4 Å². The van der Waals surface area contributed by atoms with E-state index in [4.69, 9.17) is 5.73 Å². The molecule has 0 radical (unpaired) electrons. The maximum Gasteiger partial charge on any atom is 0.0343 e. The average molecular weight is 218 g/mol. The third-order valence-corrected chi connectivity index (χ3v) is 3.29. The second-order valence-electron chi connectivity index (χ2n) is 4.89. The van der Waals surface area contributed by atoms with Crippen LogP contribution < -0.4 is 5.73 Å². The van der Waals surface area contributed by atoms with Crippen molar-refractivity contribution in [1.29, 1.82) is 0 Å². The van der Waals surface area contributed by atoms with E-state index in [-0.39, 0.29) is 0 Å². The Kier molecular flexibility index (Phi) is 3.49. The second-order valence-corrected chi connectivity index (χ2v) is 4.89. The van der Waals surface area contributed by atoms with Gasteiger partial charge in [-0.05, 0) is 49.9 Å². The van der Waals surface area contributed by atoms with Gasteiger partial charge in [-0.3, -0.25) is 4.90 Å². The van der Waals surface area contributed by atoms with Crippen LogP contribution >= 0.6 is 0 Å². The minimum atomic E-state index is 0.845. The van der Waals surface area contributed by atoms with Crippen molar-refractivity contribution in [2.24, 2.45) is 0 Å². The first-order valence-electron chi connectivity index (χ1n) is 6.29. The van der Waals surface area contributed by atoms with Gasteiger partial charge in [0.05, 0.1) is 0 Å². The highest BCUT2D eigenvalue weighted by atomic mass is 15.2. The molecule has 2 N–H and O–H groups in total. The Morgan fingerprint density at radius 3 is 2.69 bits per heavy atom. The Morgan fingerprint density at radius 1 is 1.38 bits per heavy atom. The number of benzene rings is 1. The molecule has 1 fully saturated rings. The molecule has 1 saturated carbocycles. The molecule has 1 aromatic carbocycles. The number of rotatable bonds is 5. The maximum atomic E-state index is 5.84. The van der Waals surface area contributed by atoms with Crippen LogP contribution in [0.25, 0.3) is 0 Å². The quantitative estimate of drug-likeness (QED) is 0.770. The van der Waals surface area contributed by atoms with Gasteiger partial charge in [0.1, 0.15) is 0 Å². The van der Waals surface area contributed by atoms with Crippen molar-refractivity contribution in [3.63, 3.8) is 0 Å². The number of nitrogen functional groups attached to an aromatic ring is 1. The summed E-state index contributed by atoms with van der Waals surface area (Å²) < 4.78 is 0. The fourth-order valence-electron chi connectivity index (χ4n) is 2.19. The summed E-state index contributed by atoms with van der Waals surface area (Å²) in [6, 6.07) is 7.26. The van der Waals surface area contributed by atoms with E-state index in [1.807, 2.05) is 6.07 Å². The van der Waals surface area contributed by atoms with Gasteiger partial charge >= 0.3 is 0 Å². The summed E-state index contributed by atoms with van der Waals surface area (Å²) in [7, 11) is 0. The number of hydrogen-bond donors (Lipinski definition) is 1. The van der Waals surface area contributed by atoms with E-state index in [1.54, 1.807) is 0 Å². The van der Waals surface area contributed by atoms with Crippen LogP contribution in [0.4, 0.5) is 5.69 Å². The summed E-state index contributed by atoms with van der Waals surface area (Å²) in [5, 5.41) is 0. The van der Waals surface area contributed by atoms with Gasteiger partial charge in [-0.15, -0.1) is 0 Å². The minimum Gasteiger partial charge on any atom is -0.399 e. The highest BCUT2D eigenvalue weighted by Gasteiger charge is 2.28. The topological polar surface area (TPSA) is 29.3 Å². The molecule has 0 unspecified atom stereocenters. The average Bonchev–Trinajstić information content (AvgIpc) is 3.06. The van der Waals surface area contributed by atoms with Crippen LogP contribution in [-0.4, -0.2) is 17.5 Å². The largest absolute Gasteiger partial charge is 0.399 e. The molecule has 0 bridgehead atoms. The maximum absolute atomic E-state index is 5.84. The van der Waals surface area contributed by atoms with Crippen molar-refractivity contribution >= 4 is 5.69 Å². The van der Waals surface area contributed by atoms with E-state index in [0.717, 1.165) is 18.3 Å². The molecule has 16 heavy (non-hydrogen) atoms. The van der Waals surface area contributed by atoms with Crippen LogP contribution in [-0.2, 0) is 6.54 Å². The summed E-state index contributed by atoms with van der Waals surface area (Å²) >= 11 is 0. The van der Waals surface area contributed by atoms with E-state index in [2.05, 4.69) is 30.9 Å². The molecule has 0 saturated heterocycles. The lowest BCUT2D eigenvalue weighted by Crippen LogP contribution is -2.26. The standard InChI is InChI=1S/C14H22N2/c1-3-8-16(13-5-6-13)10-12-4-7-14(15)11(2)9-12/h4,7,9,13H,3,5-6,8,10,15H2,1-2H3. The lowest BCUT2D eigenvalue weighted by atomic mass is 10.1. The number of nitrogens with zero attached hydrogens (tertiary/aromatic N) is 1. The van der Waals surface area contributed by atoms with Crippen LogP contribution in [0, 0.1) is 6.92 Å². The third-order valence-electron chi connectivity index (χ3n) is 3.29. The van der Waals surface area contributed by atoms with Gasteiger partial charge in [-0.2, -0.15) is 0 Å². The molecule has 88 valence electrons. The molecule has 1 aliphatic carbocycles. The van der Waals surface area contributed by atoms with E-state index in [1.165, 1.54) is 36.9 Å². The number of nitrogens with two attached hydrogens (primary N) is 1. The zero-order valence-electron chi connectivity index (χ0n) is 10.4. The molecule has 0 heterocycles. The van der Waals surface area contributed by atoms with Crippen LogP contribution in [0.2, 0.25) is 0 Å². The van der Waals surface area contributed by atoms with Crippen molar-refractivity contribution in [1.82, 2.24) is 4.90 Å². The predicted molar refractivity (Wildman–Crippen MR) is 69.3 cm³/mol. The van der Waals surface area contributed by atoms with Crippen LogP contribution in [0.15, 0.2) is 18.2 Å². The van der Waals surface area contributed by atoms with Crippen LogP contribution in [0.1, 0.15) is 37.3 Å². The number of aryl methyl sites for hydroxylation is 1. The highest BCUT2D eigenvalue weighted by molar-refractivity contribution is 5.47. The summed E-state index contributed by atoms with van der Waals surface area (Å²) in [5.74, 6) is 0. The molecule has 2 nitrogen and oxygen atoms in total. The Balaban J connectivity index is 2.03. The van der Waals surface area contributed by atoms with Gasteiger partial charge < -0.3 is 5.73 Å². The molecule has 0 amide bonds. The Hall–Kier alpha value is -1.02. The summed E-state index contributed by atoms with van der Waals surface area (Å²) in [6.45, 7) is 6.64. The third kappa shape index (κ3) is 2.76. The normalized spacial score (nSPS) is 15.7. The fraction of sp³-hybridized carbons (Fsp3) is 0.571. The summed E-state index contributed by atoms with van der Waals surface area (Å²) in [4.78, 5) is 2.60. The SMILES string of the molecule is CCCN(Cc1ccc(N)c(C)c1)C1CC1. The second kappa shape index (κ2) is 4.88. The van der Waals surface area contributed by atoms with Crippen LogP contribution in [0.5, 0.6) is 0 Å². The molecule has 2 rings (SSSR count).